The quantitative estimate of drug-likeness (QED) is 0.224. The maximum Gasteiger partial charge on any atom is 0.338 e. The molecule has 1 aromatic heterocycles. The smallest absolute Gasteiger partial charge is 0.338 e. The van der Waals surface area contributed by atoms with Crippen molar-refractivity contribution in [3.8, 4) is 5.75 Å². The van der Waals surface area contributed by atoms with Gasteiger partial charge in [0.15, 0.2) is 6.10 Å². The second-order valence-electron chi connectivity index (χ2n) is 9.56. The number of aromatic nitrogens is 1. The van der Waals surface area contributed by atoms with Crippen LogP contribution in [-0.2, 0) is 9.53 Å². The Kier molecular flexibility index (Phi) is 8.23. The van der Waals surface area contributed by atoms with E-state index < -0.39 is 43.1 Å². The van der Waals surface area contributed by atoms with Crippen LogP contribution in [0.5, 0.6) is 5.75 Å². The number of benzene rings is 1. The maximum atomic E-state index is 13.0. The van der Waals surface area contributed by atoms with E-state index in [-0.39, 0.29) is 6.04 Å². The van der Waals surface area contributed by atoms with Crippen LogP contribution in [0.2, 0.25) is 0 Å². The molecule has 5 rings (SSSR count). The third-order valence-electron chi connectivity index (χ3n) is 7.53. The Hall–Kier alpha value is -2.60. The van der Waals surface area contributed by atoms with Crippen LogP contribution >= 0.6 is 0 Å². The predicted octanol–water partition coefficient (Wildman–Crippen LogP) is 0.160. The van der Waals surface area contributed by atoms with Crippen molar-refractivity contribution in [1.82, 2.24) is 9.88 Å². The second-order valence-corrected chi connectivity index (χ2v) is 9.56. The minimum Gasteiger partial charge on any atom is -0.497 e. The molecule has 196 valence electrons. The van der Waals surface area contributed by atoms with E-state index in [0.717, 1.165) is 31.3 Å². The Balaban J connectivity index is 1.69. The molecule has 0 amide bonds. The molecule has 5 N–H and O–H groups in total. The normalized spacial score (nSPS) is 27.6. The predicted molar refractivity (Wildman–Crippen MR) is 130 cm³/mol. The van der Waals surface area contributed by atoms with Crippen LogP contribution in [0.4, 0.5) is 0 Å². The van der Waals surface area contributed by atoms with E-state index in [0.29, 0.717) is 28.7 Å². The molecule has 3 aliphatic heterocycles. The Morgan fingerprint density at radius 3 is 2.67 bits per heavy atom. The van der Waals surface area contributed by atoms with Gasteiger partial charge in [-0.1, -0.05) is 6.08 Å². The fourth-order valence-electron chi connectivity index (χ4n) is 5.42. The Labute approximate surface area is 209 Å². The number of fused-ring (bicyclic) bond motifs is 4. The zero-order valence-corrected chi connectivity index (χ0v) is 20.2. The summed E-state index contributed by atoms with van der Waals surface area (Å²) in [5, 5.41) is 50.1. The first kappa shape index (κ1) is 26.5. The van der Waals surface area contributed by atoms with Crippen LogP contribution in [-0.4, -0.2) is 98.6 Å². The zero-order chi connectivity index (χ0) is 26.0. The Bertz CT molecular complexity index is 1080. The molecular formula is C26H34N2O8. The largest absolute Gasteiger partial charge is 0.497 e. The van der Waals surface area contributed by atoms with Crippen LogP contribution in [0, 0.1) is 11.8 Å². The molecule has 2 aromatic rings. The second kappa shape index (κ2) is 11.2. The van der Waals surface area contributed by atoms with Gasteiger partial charge in [0.1, 0.15) is 30.2 Å². The fraction of sp³-hybridized carbons (Fsp3) is 0.538. The molecular weight excluding hydrogens is 468 g/mol. The van der Waals surface area contributed by atoms with Gasteiger partial charge in [0.05, 0.1) is 25.3 Å². The van der Waals surface area contributed by atoms with Crippen molar-refractivity contribution in [1.29, 1.82) is 0 Å². The maximum absolute atomic E-state index is 13.0. The van der Waals surface area contributed by atoms with Crippen molar-refractivity contribution in [2.75, 3.05) is 26.8 Å². The van der Waals surface area contributed by atoms with Crippen molar-refractivity contribution < 1.29 is 39.8 Å². The van der Waals surface area contributed by atoms with Crippen LogP contribution in [0.25, 0.3) is 10.9 Å². The van der Waals surface area contributed by atoms with Gasteiger partial charge in [-0.15, -0.1) is 6.58 Å². The summed E-state index contributed by atoms with van der Waals surface area (Å²) < 4.78 is 11.3. The van der Waals surface area contributed by atoms with E-state index in [4.69, 9.17) is 14.6 Å². The van der Waals surface area contributed by atoms with Gasteiger partial charge in [0.2, 0.25) is 0 Å². The van der Waals surface area contributed by atoms with Crippen molar-refractivity contribution in [2.45, 2.75) is 49.4 Å². The number of rotatable bonds is 10. The number of ether oxygens (including phenoxy) is 2. The van der Waals surface area contributed by atoms with E-state index in [1.54, 1.807) is 25.4 Å². The van der Waals surface area contributed by atoms with Crippen molar-refractivity contribution >= 4 is 16.9 Å². The number of hydrogen-bond acceptors (Lipinski definition) is 10. The lowest BCUT2D eigenvalue weighted by Gasteiger charge is -2.51. The fourth-order valence-corrected chi connectivity index (χ4v) is 5.42. The van der Waals surface area contributed by atoms with E-state index in [2.05, 4.69) is 16.5 Å². The molecule has 36 heavy (non-hydrogen) atoms. The van der Waals surface area contributed by atoms with Gasteiger partial charge >= 0.3 is 5.97 Å². The lowest BCUT2D eigenvalue weighted by Crippen LogP contribution is -2.56. The minimum absolute atomic E-state index is 0.196. The van der Waals surface area contributed by atoms with E-state index in [9.17, 15) is 25.2 Å². The van der Waals surface area contributed by atoms with Crippen LogP contribution in [0.15, 0.2) is 43.1 Å². The third kappa shape index (κ3) is 5.10. The zero-order valence-electron chi connectivity index (χ0n) is 20.2. The molecule has 9 atom stereocenters. The highest BCUT2D eigenvalue weighted by molar-refractivity contribution is 5.84. The number of hydrogen-bond donors (Lipinski definition) is 5. The first-order valence-corrected chi connectivity index (χ1v) is 12.1. The summed E-state index contributed by atoms with van der Waals surface area (Å²) in [6.07, 6.45) is -3.33. The van der Waals surface area contributed by atoms with Crippen LogP contribution < -0.4 is 4.74 Å². The summed E-state index contributed by atoms with van der Waals surface area (Å²) in [5.41, 5.74) is 1.36. The number of esters is 1. The lowest BCUT2D eigenvalue weighted by atomic mass is 9.73. The van der Waals surface area contributed by atoms with Gasteiger partial charge < -0.3 is 35.0 Å². The number of piperidine rings is 3. The number of carbonyl (C=O) groups excluding carboxylic acids is 1. The topological polar surface area (TPSA) is 153 Å². The summed E-state index contributed by atoms with van der Waals surface area (Å²) in [4.78, 5) is 19.7. The van der Waals surface area contributed by atoms with Gasteiger partial charge in [-0.3, -0.25) is 9.88 Å². The van der Waals surface area contributed by atoms with E-state index in [1.165, 1.54) is 0 Å². The summed E-state index contributed by atoms with van der Waals surface area (Å²) in [7, 11) is 1.56. The highest BCUT2D eigenvalue weighted by Crippen LogP contribution is 2.43. The Morgan fingerprint density at radius 1 is 1.25 bits per heavy atom. The van der Waals surface area contributed by atoms with E-state index >= 15 is 0 Å². The van der Waals surface area contributed by atoms with Crippen LogP contribution in [0.3, 0.4) is 0 Å². The number of carbonyl (C=O) groups is 1. The number of nitrogens with zero attached hydrogens (tertiary/aromatic N) is 2. The van der Waals surface area contributed by atoms with Crippen molar-refractivity contribution in [3.05, 3.63) is 48.7 Å². The highest BCUT2D eigenvalue weighted by Gasteiger charge is 2.45. The molecule has 4 heterocycles. The standard InChI is InChI=1S/C26H34N2O8/c1-3-14-12-28-9-7-15(14)10-20(28)25(36-26(34)24(33)23(32)22(31)21(30)13-29)17-6-8-27-19-5-4-16(35-2)11-18(17)19/h3-6,8,11,14-15,20-25,29-33H,1,7,9-10,12-13H2,2H3/t14-,15-,20+,21+,22+,23-,24+,25?/m0/s1. The molecule has 3 saturated heterocycles. The van der Waals surface area contributed by atoms with Gasteiger partial charge in [-0.2, -0.15) is 0 Å². The first-order chi connectivity index (χ1) is 17.3. The van der Waals surface area contributed by atoms with Crippen LogP contribution in [0.1, 0.15) is 24.5 Å². The molecule has 10 heteroatoms. The summed E-state index contributed by atoms with van der Waals surface area (Å²) >= 11 is 0. The average molecular weight is 503 g/mol. The van der Waals surface area contributed by atoms with Gasteiger partial charge in [0.25, 0.3) is 0 Å². The van der Waals surface area contributed by atoms with Gasteiger partial charge in [-0.25, -0.2) is 4.79 Å². The van der Waals surface area contributed by atoms with Crippen molar-refractivity contribution in [2.24, 2.45) is 11.8 Å². The number of pyridine rings is 1. The summed E-state index contributed by atoms with van der Waals surface area (Å²) in [6.45, 7) is 4.71. The molecule has 1 aromatic carbocycles. The van der Waals surface area contributed by atoms with Crippen molar-refractivity contribution in [3.63, 3.8) is 0 Å². The van der Waals surface area contributed by atoms with Gasteiger partial charge in [0, 0.05) is 23.7 Å². The minimum atomic E-state index is -2.14. The molecule has 3 aliphatic rings. The molecule has 10 nitrogen and oxygen atoms in total. The molecule has 0 aliphatic carbocycles. The molecule has 2 unspecified atom stereocenters. The Morgan fingerprint density at radius 2 is 2.03 bits per heavy atom. The molecule has 0 spiro atoms. The lowest BCUT2D eigenvalue weighted by molar-refractivity contribution is -0.181. The highest BCUT2D eigenvalue weighted by atomic mass is 16.6. The van der Waals surface area contributed by atoms with E-state index in [1.807, 2.05) is 18.2 Å². The summed E-state index contributed by atoms with van der Waals surface area (Å²) in [5.74, 6) is 0.171. The SMILES string of the molecule is C=C[C@H]1CN2CC[C@H]1C[C@@H]2C(OC(=O)[C@H](O)[C@@H](O)[C@H](O)[C@H](O)CO)c1ccnc2ccc(OC)cc12. The average Bonchev–Trinajstić information content (AvgIpc) is 2.93. The number of aliphatic hydroxyl groups is 5. The number of methoxy groups -OCH3 is 1. The summed E-state index contributed by atoms with van der Waals surface area (Å²) in [6, 6.07) is 6.98. The van der Waals surface area contributed by atoms with Gasteiger partial charge in [-0.05, 0) is 55.5 Å². The monoisotopic (exact) mass is 502 g/mol. The first-order valence-electron chi connectivity index (χ1n) is 12.1. The molecule has 3 fully saturated rings. The molecule has 2 bridgehead atoms. The molecule has 0 radical (unpaired) electrons. The number of aliphatic hydroxyl groups excluding tert-OH is 5. The third-order valence-corrected chi connectivity index (χ3v) is 7.53. The molecule has 0 saturated carbocycles.